The highest BCUT2D eigenvalue weighted by Gasteiger charge is 2.12. The highest BCUT2D eigenvalue weighted by molar-refractivity contribution is 5.81. The van der Waals surface area contributed by atoms with Gasteiger partial charge in [-0.1, -0.05) is 30.3 Å². The summed E-state index contributed by atoms with van der Waals surface area (Å²) in [5, 5.41) is 3.16. The third kappa shape index (κ3) is 3.43. The van der Waals surface area contributed by atoms with Crippen LogP contribution in [-0.4, -0.2) is 7.11 Å². The van der Waals surface area contributed by atoms with Crippen LogP contribution < -0.4 is 15.7 Å². The molecule has 0 saturated heterocycles. The van der Waals surface area contributed by atoms with Crippen LogP contribution >= 0.6 is 0 Å². The molecule has 3 aromatic rings. The molecule has 0 aliphatic rings. The molecule has 2 aromatic carbocycles. The number of fused-ring (bicyclic) bond motifs is 1. The molecule has 4 nitrogen and oxygen atoms in total. The van der Waals surface area contributed by atoms with E-state index in [0.29, 0.717) is 23.9 Å². The Morgan fingerprint density at radius 2 is 1.91 bits per heavy atom. The van der Waals surface area contributed by atoms with Gasteiger partial charge in [0.25, 0.3) is 0 Å². The van der Waals surface area contributed by atoms with Crippen molar-refractivity contribution in [2.24, 2.45) is 0 Å². The first-order valence-electron chi connectivity index (χ1n) is 7.66. The van der Waals surface area contributed by atoms with E-state index in [1.165, 1.54) is 5.56 Å². The van der Waals surface area contributed by atoms with Gasteiger partial charge < -0.3 is 14.5 Å². The van der Waals surface area contributed by atoms with Gasteiger partial charge in [-0.3, -0.25) is 0 Å². The van der Waals surface area contributed by atoms with Gasteiger partial charge in [0.05, 0.1) is 7.11 Å². The molecule has 4 heteroatoms. The molecule has 0 radical (unpaired) electrons. The highest BCUT2D eigenvalue weighted by Crippen LogP contribution is 2.22. The second-order valence-corrected chi connectivity index (χ2v) is 5.59. The molecule has 0 spiro atoms. The summed E-state index contributed by atoms with van der Waals surface area (Å²) in [6.45, 7) is 2.87. The summed E-state index contributed by atoms with van der Waals surface area (Å²) in [5.74, 6) is 0.680. The Morgan fingerprint density at radius 1 is 1.13 bits per heavy atom. The van der Waals surface area contributed by atoms with Crippen molar-refractivity contribution in [3.63, 3.8) is 0 Å². The highest BCUT2D eigenvalue weighted by atomic mass is 16.5. The van der Waals surface area contributed by atoms with Crippen LogP contribution in [0, 0.1) is 0 Å². The Labute approximate surface area is 134 Å². The Morgan fingerprint density at radius 3 is 2.65 bits per heavy atom. The minimum absolute atomic E-state index is 0.316. The largest absolute Gasteiger partial charge is 0.497 e. The van der Waals surface area contributed by atoms with Crippen molar-refractivity contribution in [1.29, 1.82) is 0 Å². The summed E-state index contributed by atoms with van der Waals surface area (Å²) >= 11 is 0. The van der Waals surface area contributed by atoms with Crippen LogP contribution in [0.15, 0.2) is 63.8 Å². The quantitative estimate of drug-likeness (QED) is 0.737. The Kier molecular flexibility index (Phi) is 4.44. The van der Waals surface area contributed by atoms with E-state index in [0.717, 1.165) is 10.9 Å². The zero-order chi connectivity index (χ0) is 16.2. The van der Waals surface area contributed by atoms with E-state index in [1.807, 2.05) is 30.3 Å². The number of quaternary nitrogens is 1. The van der Waals surface area contributed by atoms with Crippen molar-refractivity contribution in [3.05, 3.63) is 76.1 Å². The van der Waals surface area contributed by atoms with Crippen LogP contribution in [0.25, 0.3) is 11.0 Å². The van der Waals surface area contributed by atoms with E-state index in [1.54, 1.807) is 19.2 Å². The lowest BCUT2D eigenvalue weighted by Gasteiger charge is -2.12. The number of ether oxygens (including phenoxy) is 1. The van der Waals surface area contributed by atoms with Crippen LogP contribution in [0.1, 0.15) is 24.1 Å². The third-order valence-electron chi connectivity index (χ3n) is 4.05. The van der Waals surface area contributed by atoms with Gasteiger partial charge in [0.1, 0.15) is 23.9 Å². The lowest BCUT2D eigenvalue weighted by atomic mass is 10.1. The fourth-order valence-electron chi connectivity index (χ4n) is 2.70. The first-order chi connectivity index (χ1) is 11.2. The fraction of sp³-hybridized carbons (Fsp3) is 0.211. The molecule has 0 bridgehead atoms. The average Bonchev–Trinajstić information content (AvgIpc) is 2.59. The van der Waals surface area contributed by atoms with Gasteiger partial charge in [-0.25, -0.2) is 4.79 Å². The summed E-state index contributed by atoms with van der Waals surface area (Å²) in [7, 11) is 1.60. The first-order valence-corrected chi connectivity index (χ1v) is 7.66. The molecule has 0 saturated carbocycles. The molecule has 0 aliphatic heterocycles. The van der Waals surface area contributed by atoms with E-state index < -0.39 is 0 Å². The van der Waals surface area contributed by atoms with Gasteiger partial charge in [0.15, 0.2) is 0 Å². The van der Waals surface area contributed by atoms with E-state index in [9.17, 15) is 4.79 Å². The first kappa shape index (κ1) is 15.3. The van der Waals surface area contributed by atoms with Gasteiger partial charge in [-0.2, -0.15) is 0 Å². The number of hydrogen-bond donors (Lipinski definition) is 1. The number of benzene rings is 2. The average molecular weight is 310 g/mol. The van der Waals surface area contributed by atoms with Crippen LogP contribution in [0.4, 0.5) is 0 Å². The van der Waals surface area contributed by atoms with Crippen LogP contribution in [0.5, 0.6) is 5.75 Å². The van der Waals surface area contributed by atoms with Crippen LogP contribution in [0.3, 0.4) is 0 Å². The van der Waals surface area contributed by atoms with Gasteiger partial charge in [-0.05, 0) is 19.1 Å². The fourth-order valence-corrected chi connectivity index (χ4v) is 2.70. The smallest absolute Gasteiger partial charge is 0.336 e. The van der Waals surface area contributed by atoms with E-state index in [-0.39, 0.29) is 5.63 Å². The summed E-state index contributed by atoms with van der Waals surface area (Å²) in [6.07, 6.45) is 0. The second kappa shape index (κ2) is 6.67. The maximum Gasteiger partial charge on any atom is 0.336 e. The van der Waals surface area contributed by atoms with Crippen LogP contribution in [-0.2, 0) is 6.54 Å². The predicted molar refractivity (Wildman–Crippen MR) is 89.5 cm³/mol. The molecular formula is C19H20NO3+. The van der Waals surface area contributed by atoms with Crippen LogP contribution in [0.2, 0.25) is 0 Å². The van der Waals surface area contributed by atoms with Crippen molar-refractivity contribution in [2.75, 3.05) is 7.11 Å². The topological polar surface area (TPSA) is 56.0 Å². The van der Waals surface area contributed by atoms with E-state index in [2.05, 4.69) is 24.4 Å². The van der Waals surface area contributed by atoms with Crippen molar-refractivity contribution < 1.29 is 14.5 Å². The monoisotopic (exact) mass is 310 g/mol. The Hall–Kier alpha value is -2.59. The zero-order valence-corrected chi connectivity index (χ0v) is 13.3. The predicted octanol–water partition coefficient (Wildman–Crippen LogP) is 2.63. The molecule has 0 unspecified atom stereocenters. The number of methoxy groups -OCH3 is 1. The molecule has 0 aliphatic carbocycles. The summed E-state index contributed by atoms with van der Waals surface area (Å²) in [5.41, 5.74) is 2.47. The number of hydrogen-bond acceptors (Lipinski definition) is 3. The standard InChI is InChI=1S/C19H19NO3/c1-13(14-6-4-3-5-7-14)20-12-15-10-19(21)23-18-11-16(22-2)8-9-17(15)18/h3-11,13,20H,12H2,1-2H3/p+1/t13-/m1/s1. The molecule has 1 aromatic heterocycles. The maximum absolute atomic E-state index is 11.8. The molecular weight excluding hydrogens is 290 g/mol. The second-order valence-electron chi connectivity index (χ2n) is 5.59. The van der Waals surface area contributed by atoms with E-state index >= 15 is 0 Å². The van der Waals surface area contributed by atoms with Crippen molar-refractivity contribution in [3.8, 4) is 5.75 Å². The SMILES string of the molecule is COc1ccc2c(C[NH2+][C@H](C)c3ccccc3)cc(=O)oc2c1. The molecule has 23 heavy (non-hydrogen) atoms. The number of rotatable bonds is 5. The van der Waals surface area contributed by atoms with Crippen molar-refractivity contribution in [1.82, 2.24) is 0 Å². The molecule has 0 fully saturated rings. The van der Waals surface area contributed by atoms with Crippen molar-refractivity contribution >= 4 is 11.0 Å². The minimum Gasteiger partial charge on any atom is -0.497 e. The lowest BCUT2D eigenvalue weighted by Crippen LogP contribution is -2.83. The van der Waals surface area contributed by atoms with Gasteiger partial charge in [0.2, 0.25) is 0 Å². The Bertz CT molecular complexity index is 855. The molecule has 1 atom stereocenters. The summed E-state index contributed by atoms with van der Waals surface area (Å²) < 4.78 is 10.5. The minimum atomic E-state index is -0.332. The van der Waals surface area contributed by atoms with Gasteiger partial charge in [0, 0.05) is 28.6 Å². The van der Waals surface area contributed by atoms with E-state index in [4.69, 9.17) is 9.15 Å². The molecule has 2 N–H and O–H groups in total. The lowest BCUT2D eigenvalue weighted by molar-refractivity contribution is -0.707. The zero-order valence-electron chi connectivity index (χ0n) is 13.3. The molecule has 3 rings (SSSR count). The van der Waals surface area contributed by atoms with Gasteiger partial charge in [-0.15, -0.1) is 0 Å². The summed E-state index contributed by atoms with van der Waals surface area (Å²) in [6, 6.07) is 17.8. The molecule has 118 valence electrons. The molecule has 0 amide bonds. The number of nitrogens with two attached hydrogens (primary N) is 1. The van der Waals surface area contributed by atoms with Crippen molar-refractivity contribution in [2.45, 2.75) is 19.5 Å². The maximum atomic E-state index is 11.8. The van der Waals surface area contributed by atoms with Gasteiger partial charge >= 0.3 is 5.63 Å². The Balaban J connectivity index is 1.86. The molecule has 1 heterocycles. The summed E-state index contributed by atoms with van der Waals surface area (Å²) in [4.78, 5) is 11.8. The normalized spacial score (nSPS) is 12.3. The third-order valence-corrected chi connectivity index (χ3v) is 4.05.